The second-order valence-electron chi connectivity index (χ2n) is 7.49. The summed E-state index contributed by atoms with van der Waals surface area (Å²) in [6.45, 7) is 1.68. The fraction of sp³-hybridized carbons (Fsp3) is 0.381. The van der Waals surface area contributed by atoms with Crippen LogP contribution in [0, 0.1) is 11.8 Å². The van der Waals surface area contributed by atoms with E-state index in [1.165, 1.54) is 6.20 Å². The first-order valence-electron chi connectivity index (χ1n) is 9.86. The summed E-state index contributed by atoms with van der Waals surface area (Å²) in [5, 5.41) is 3.35. The number of halogens is 1. The molecule has 29 heavy (non-hydrogen) atoms. The fourth-order valence-electron chi connectivity index (χ4n) is 4.01. The Morgan fingerprint density at radius 2 is 2.00 bits per heavy atom. The Labute approximate surface area is 174 Å². The highest BCUT2D eigenvalue weighted by Gasteiger charge is 2.38. The molecule has 4 rings (SSSR count). The summed E-state index contributed by atoms with van der Waals surface area (Å²) in [5.41, 5.74) is 7.41. The molecule has 2 aliphatic heterocycles. The van der Waals surface area contributed by atoms with Crippen LogP contribution in [0.5, 0.6) is 0 Å². The molecule has 2 aliphatic rings. The predicted octanol–water partition coefficient (Wildman–Crippen LogP) is 2.38. The highest BCUT2D eigenvalue weighted by atomic mass is 35.5. The molecule has 3 N–H and O–H groups in total. The maximum Gasteiger partial charge on any atom is 0.230 e. The molecule has 2 fully saturated rings. The van der Waals surface area contributed by atoms with Crippen molar-refractivity contribution in [3.63, 3.8) is 0 Å². The molecule has 8 heteroatoms. The molecule has 3 unspecified atom stereocenters. The standard InChI is InChI=1S/C21H24ClN5O2/c22-16-8-9-18(23-11-16)25-20(28)15-7-4-10-27(13-15)21(29)17-12-24-26-19(17)14-5-2-1-3-6-14/h1-3,5-6,8-9,11,15,17,19,24,26H,4,7,10,12-13H2,(H,23,25,28). The van der Waals surface area contributed by atoms with Gasteiger partial charge in [-0.1, -0.05) is 41.9 Å². The van der Waals surface area contributed by atoms with Crippen molar-refractivity contribution in [2.75, 3.05) is 25.0 Å². The molecule has 7 nitrogen and oxygen atoms in total. The maximum absolute atomic E-state index is 13.2. The van der Waals surface area contributed by atoms with Crippen molar-refractivity contribution in [2.24, 2.45) is 11.8 Å². The summed E-state index contributed by atoms with van der Waals surface area (Å²) < 4.78 is 0. The molecule has 2 amide bonds. The van der Waals surface area contributed by atoms with Crippen LogP contribution in [0.3, 0.4) is 0 Å². The number of amides is 2. The van der Waals surface area contributed by atoms with Crippen LogP contribution < -0.4 is 16.2 Å². The quantitative estimate of drug-likeness (QED) is 0.716. The van der Waals surface area contributed by atoms with Crippen LogP contribution in [0.1, 0.15) is 24.4 Å². The van der Waals surface area contributed by atoms with Gasteiger partial charge in [-0.15, -0.1) is 0 Å². The molecule has 1 aromatic carbocycles. The topological polar surface area (TPSA) is 86.4 Å². The third-order valence-electron chi connectivity index (χ3n) is 5.54. The number of anilines is 1. The highest BCUT2D eigenvalue weighted by molar-refractivity contribution is 6.30. The van der Waals surface area contributed by atoms with E-state index in [4.69, 9.17) is 11.6 Å². The number of likely N-dealkylation sites (tertiary alicyclic amines) is 1. The second kappa shape index (κ2) is 8.90. The zero-order valence-electron chi connectivity index (χ0n) is 16.0. The number of benzene rings is 1. The van der Waals surface area contributed by atoms with Crippen molar-refractivity contribution in [3.05, 3.63) is 59.2 Å². The Balaban J connectivity index is 1.40. The minimum atomic E-state index is -0.248. The van der Waals surface area contributed by atoms with E-state index in [9.17, 15) is 9.59 Å². The minimum absolute atomic E-state index is 0.0730. The number of nitrogens with zero attached hydrogens (tertiary/aromatic N) is 2. The lowest BCUT2D eigenvalue weighted by atomic mass is 9.91. The van der Waals surface area contributed by atoms with Crippen molar-refractivity contribution >= 4 is 29.2 Å². The maximum atomic E-state index is 13.2. The van der Waals surface area contributed by atoms with Crippen molar-refractivity contribution in [3.8, 4) is 0 Å². The zero-order chi connectivity index (χ0) is 20.2. The van der Waals surface area contributed by atoms with Crippen molar-refractivity contribution in [1.82, 2.24) is 20.7 Å². The van der Waals surface area contributed by atoms with Crippen LogP contribution in [0.25, 0.3) is 0 Å². The summed E-state index contributed by atoms with van der Waals surface area (Å²) in [5.74, 6) is -0.00548. The number of hydrazine groups is 1. The molecular weight excluding hydrogens is 390 g/mol. The van der Waals surface area contributed by atoms with Crippen LogP contribution in [-0.2, 0) is 9.59 Å². The van der Waals surface area contributed by atoms with E-state index < -0.39 is 0 Å². The summed E-state index contributed by atoms with van der Waals surface area (Å²) in [4.78, 5) is 31.9. The number of hydrogen-bond donors (Lipinski definition) is 3. The molecule has 3 atom stereocenters. The van der Waals surface area contributed by atoms with Gasteiger partial charge in [-0.25, -0.2) is 10.4 Å². The molecule has 2 aromatic rings. The first-order valence-corrected chi connectivity index (χ1v) is 10.2. The predicted molar refractivity (Wildman–Crippen MR) is 111 cm³/mol. The van der Waals surface area contributed by atoms with Crippen molar-refractivity contribution < 1.29 is 9.59 Å². The fourth-order valence-corrected chi connectivity index (χ4v) is 4.12. The summed E-state index contributed by atoms with van der Waals surface area (Å²) >= 11 is 5.84. The monoisotopic (exact) mass is 413 g/mol. The van der Waals surface area contributed by atoms with Gasteiger partial charge in [0, 0.05) is 25.8 Å². The Morgan fingerprint density at radius 3 is 2.76 bits per heavy atom. The lowest BCUT2D eigenvalue weighted by molar-refractivity contribution is -0.138. The van der Waals surface area contributed by atoms with Gasteiger partial charge in [-0.05, 0) is 30.5 Å². The van der Waals surface area contributed by atoms with E-state index in [0.29, 0.717) is 30.5 Å². The second-order valence-corrected chi connectivity index (χ2v) is 7.93. The number of carbonyl (C=O) groups is 2. The van der Waals surface area contributed by atoms with Gasteiger partial charge in [0.2, 0.25) is 11.8 Å². The normalized spacial score (nSPS) is 24.3. The lowest BCUT2D eigenvalue weighted by Crippen LogP contribution is -2.47. The molecule has 2 saturated heterocycles. The molecule has 1 aromatic heterocycles. The molecule has 0 bridgehead atoms. The Hall–Kier alpha value is -2.48. The number of piperidine rings is 1. The largest absolute Gasteiger partial charge is 0.342 e. The zero-order valence-corrected chi connectivity index (χ0v) is 16.7. The van der Waals surface area contributed by atoms with Crippen molar-refractivity contribution in [2.45, 2.75) is 18.9 Å². The molecule has 0 radical (unpaired) electrons. The van der Waals surface area contributed by atoms with Gasteiger partial charge in [-0.3, -0.25) is 15.0 Å². The number of pyridine rings is 1. The highest BCUT2D eigenvalue weighted by Crippen LogP contribution is 2.28. The Bertz CT molecular complexity index is 861. The van der Waals surface area contributed by atoms with E-state index >= 15 is 0 Å². The molecule has 152 valence electrons. The number of nitrogens with one attached hydrogen (secondary N) is 3. The van der Waals surface area contributed by atoms with E-state index in [0.717, 1.165) is 18.4 Å². The average Bonchev–Trinajstić information content (AvgIpc) is 3.25. The van der Waals surface area contributed by atoms with Crippen molar-refractivity contribution in [1.29, 1.82) is 0 Å². The molecule has 3 heterocycles. The van der Waals surface area contributed by atoms with Gasteiger partial charge in [0.25, 0.3) is 0 Å². The summed E-state index contributed by atoms with van der Waals surface area (Å²) in [6, 6.07) is 13.2. The van der Waals surface area contributed by atoms with Crippen LogP contribution in [0.15, 0.2) is 48.7 Å². The summed E-state index contributed by atoms with van der Waals surface area (Å²) in [7, 11) is 0. The molecule has 0 aliphatic carbocycles. The van der Waals surface area contributed by atoms with Gasteiger partial charge >= 0.3 is 0 Å². The van der Waals surface area contributed by atoms with Gasteiger partial charge < -0.3 is 10.2 Å². The third-order valence-corrected chi connectivity index (χ3v) is 5.76. The number of aromatic nitrogens is 1. The lowest BCUT2D eigenvalue weighted by Gasteiger charge is -2.34. The van der Waals surface area contributed by atoms with Crippen LogP contribution in [-0.4, -0.2) is 41.3 Å². The Morgan fingerprint density at radius 1 is 1.17 bits per heavy atom. The Kier molecular flexibility index (Phi) is 6.08. The van der Waals surface area contributed by atoms with Crippen LogP contribution in [0.4, 0.5) is 5.82 Å². The van der Waals surface area contributed by atoms with Gasteiger partial charge in [0.05, 0.1) is 22.9 Å². The minimum Gasteiger partial charge on any atom is -0.342 e. The van der Waals surface area contributed by atoms with Gasteiger partial charge in [-0.2, -0.15) is 0 Å². The number of carbonyl (C=O) groups excluding carboxylic acids is 2. The molecule has 0 saturated carbocycles. The third kappa shape index (κ3) is 4.58. The SMILES string of the molecule is O=C(Nc1ccc(Cl)cn1)C1CCCN(C(=O)C2CNNC2c2ccccc2)C1. The van der Waals surface area contributed by atoms with E-state index in [1.807, 2.05) is 35.2 Å². The van der Waals surface area contributed by atoms with E-state index in [-0.39, 0.29) is 29.7 Å². The molecule has 0 spiro atoms. The van der Waals surface area contributed by atoms with Crippen LogP contribution >= 0.6 is 11.6 Å². The smallest absolute Gasteiger partial charge is 0.230 e. The first kappa shape index (κ1) is 19.8. The van der Waals surface area contributed by atoms with E-state index in [2.05, 4.69) is 21.2 Å². The number of hydrogen-bond acceptors (Lipinski definition) is 5. The van der Waals surface area contributed by atoms with E-state index in [1.54, 1.807) is 12.1 Å². The van der Waals surface area contributed by atoms with Crippen LogP contribution in [0.2, 0.25) is 5.02 Å². The molecular formula is C21H24ClN5O2. The first-order chi connectivity index (χ1) is 14.1. The summed E-state index contributed by atoms with van der Waals surface area (Å²) in [6.07, 6.45) is 3.06. The van der Waals surface area contributed by atoms with Gasteiger partial charge in [0.15, 0.2) is 0 Å². The number of rotatable bonds is 4. The average molecular weight is 414 g/mol. The van der Waals surface area contributed by atoms with Gasteiger partial charge in [0.1, 0.15) is 5.82 Å².